The molecular weight excluding hydrogens is 160 g/mol. The highest BCUT2D eigenvalue weighted by molar-refractivity contribution is 5.04. The van der Waals surface area contributed by atoms with Crippen molar-refractivity contribution in [3.63, 3.8) is 0 Å². The SMILES string of the molecule is CCCNC(C)Cc1ccccn1. The van der Waals surface area contributed by atoms with Crippen LogP contribution in [0.15, 0.2) is 24.4 Å². The maximum atomic E-state index is 4.29. The number of nitrogens with one attached hydrogen (secondary N) is 1. The fraction of sp³-hybridized carbons (Fsp3) is 0.545. The lowest BCUT2D eigenvalue weighted by molar-refractivity contribution is 0.539. The van der Waals surface area contributed by atoms with Crippen molar-refractivity contribution in [1.29, 1.82) is 0 Å². The van der Waals surface area contributed by atoms with Crippen molar-refractivity contribution in [2.75, 3.05) is 6.54 Å². The van der Waals surface area contributed by atoms with E-state index in [1.54, 1.807) is 0 Å². The summed E-state index contributed by atoms with van der Waals surface area (Å²) in [5.41, 5.74) is 1.17. The fourth-order valence-electron chi connectivity index (χ4n) is 1.30. The zero-order valence-electron chi connectivity index (χ0n) is 8.46. The lowest BCUT2D eigenvalue weighted by Crippen LogP contribution is -2.28. The van der Waals surface area contributed by atoms with Crippen LogP contribution in [0.4, 0.5) is 0 Å². The molecule has 0 saturated heterocycles. The molecular formula is C11H18N2. The number of aromatic nitrogens is 1. The molecule has 13 heavy (non-hydrogen) atoms. The lowest BCUT2D eigenvalue weighted by atomic mass is 10.1. The standard InChI is InChI=1S/C11H18N2/c1-3-7-12-10(2)9-11-6-4-5-8-13-11/h4-6,8,10,12H,3,7,9H2,1-2H3. The van der Waals surface area contributed by atoms with Crippen LogP contribution >= 0.6 is 0 Å². The Morgan fingerprint density at radius 1 is 1.46 bits per heavy atom. The third kappa shape index (κ3) is 4.04. The third-order valence-electron chi connectivity index (χ3n) is 1.98. The van der Waals surface area contributed by atoms with E-state index in [0.29, 0.717) is 6.04 Å². The number of hydrogen-bond acceptors (Lipinski definition) is 2. The topological polar surface area (TPSA) is 24.9 Å². The summed E-state index contributed by atoms with van der Waals surface area (Å²) in [6, 6.07) is 6.59. The summed E-state index contributed by atoms with van der Waals surface area (Å²) in [6.45, 7) is 5.47. The van der Waals surface area contributed by atoms with Gasteiger partial charge in [-0.05, 0) is 32.0 Å². The highest BCUT2D eigenvalue weighted by Gasteiger charge is 2.01. The Balaban J connectivity index is 2.32. The average Bonchev–Trinajstić information content (AvgIpc) is 2.16. The molecule has 0 radical (unpaired) electrons. The Bertz CT molecular complexity index is 221. The Kier molecular flexibility index (Phi) is 4.47. The molecule has 0 fully saturated rings. The first kappa shape index (κ1) is 10.2. The Hall–Kier alpha value is -0.890. The van der Waals surface area contributed by atoms with Crippen LogP contribution in [0.25, 0.3) is 0 Å². The van der Waals surface area contributed by atoms with E-state index in [1.165, 1.54) is 12.1 Å². The Morgan fingerprint density at radius 3 is 2.92 bits per heavy atom. The van der Waals surface area contributed by atoms with Gasteiger partial charge in [0.15, 0.2) is 0 Å². The smallest absolute Gasteiger partial charge is 0.0419 e. The number of rotatable bonds is 5. The first-order chi connectivity index (χ1) is 6.33. The molecule has 1 heterocycles. The number of nitrogens with zero attached hydrogens (tertiary/aromatic N) is 1. The van der Waals surface area contributed by atoms with E-state index < -0.39 is 0 Å². The third-order valence-corrected chi connectivity index (χ3v) is 1.98. The van der Waals surface area contributed by atoms with Gasteiger partial charge in [0.05, 0.1) is 0 Å². The van der Waals surface area contributed by atoms with Gasteiger partial charge in [0.2, 0.25) is 0 Å². The molecule has 0 aliphatic heterocycles. The molecule has 0 spiro atoms. The molecule has 0 aromatic carbocycles. The van der Waals surface area contributed by atoms with Gasteiger partial charge in [0.25, 0.3) is 0 Å². The van der Waals surface area contributed by atoms with E-state index in [4.69, 9.17) is 0 Å². The first-order valence-corrected chi connectivity index (χ1v) is 4.96. The van der Waals surface area contributed by atoms with Gasteiger partial charge in [-0.2, -0.15) is 0 Å². The summed E-state index contributed by atoms with van der Waals surface area (Å²) in [5.74, 6) is 0. The molecule has 1 atom stereocenters. The predicted octanol–water partition coefficient (Wildman–Crippen LogP) is 2.01. The van der Waals surface area contributed by atoms with Crippen molar-refractivity contribution < 1.29 is 0 Å². The molecule has 1 aromatic heterocycles. The van der Waals surface area contributed by atoms with E-state index in [0.717, 1.165) is 13.0 Å². The first-order valence-electron chi connectivity index (χ1n) is 4.96. The van der Waals surface area contributed by atoms with Gasteiger partial charge < -0.3 is 5.32 Å². The van der Waals surface area contributed by atoms with Crippen molar-refractivity contribution in [3.05, 3.63) is 30.1 Å². The molecule has 0 aliphatic rings. The van der Waals surface area contributed by atoms with Gasteiger partial charge in [-0.1, -0.05) is 13.0 Å². The van der Waals surface area contributed by atoms with E-state index >= 15 is 0 Å². The van der Waals surface area contributed by atoms with E-state index in [9.17, 15) is 0 Å². The normalized spacial score (nSPS) is 12.8. The maximum absolute atomic E-state index is 4.29. The zero-order valence-corrected chi connectivity index (χ0v) is 8.46. The quantitative estimate of drug-likeness (QED) is 0.746. The second-order valence-corrected chi connectivity index (χ2v) is 3.38. The van der Waals surface area contributed by atoms with Gasteiger partial charge in [0.1, 0.15) is 0 Å². The molecule has 1 rings (SSSR count). The van der Waals surface area contributed by atoms with E-state index in [2.05, 4.69) is 30.2 Å². The molecule has 2 heteroatoms. The molecule has 72 valence electrons. The Morgan fingerprint density at radius 2 is 2.31 bits per heavy atom. The van der Waals surface area contributed by atoms with E-state index in [-0.39, 0.29) is 0 Å². The fourth-order valence-corrected chi connectivity index (χ4v) is 1.30. The van der Waals surface area contributed by atoms with Gasteiger partial charge >= 0.3 is 0 Å². The maximum Gasteiger partial charge on any atom is 0.0419 e. The minimum Gasteiger partial charge on any atom is -0.314 e. The van der Waals surface area contributed by atoms with Crippen LogP contribution in [0.1, 0.15) is 26.0 Å². The van der Waals surface area contributed by atoms with Gasteiger partial charge in [-0.15, -0.1) is 0 Å². The highest BCUT2D eigenvalue weighted by atomic mass is 14.9. The van der Waals surface area contributed by atoms with Crippen molar-refractivity contribution in [2.45, 2.75) is 32.7 Å². The van der Waals surface area contributed by atoms with Crippen LogP contribution in [0, 0.1) is 0 Å². The Labute approximate surface area is 80.4 Å². The molecule has 1 aromatic rings. The molecule has 0 bridgehead atoms. The van der Waals surface area contributed by atoms with Crippen LogP contribution in [-0.2, 0) is 6.42 Å². The van der Waals surface area contributed by atoms with Crippen molar-refractivity contribution in [2.24, 2.45) is 0 Å². The summed E-state index contributed by atoms with van der Waals surface area (Å²) in [5, 5.41) is 3.44. The molecule has 0 aliphatic carbocycles. The van der Waals surface area contributed by atoms with Gasteiger partial charge in [0, 0.05) is 24.4 Å². The summed E-state index contributed by atoms with van der Waals surface area (Å²) in [7, 11) is 0. The molecule has 0 saturated carbocycles. The predicted molar refractivity (Wildman–Crippen MR) is 55.7 cm³/mol. The van der Waals surface area contributed by atoms with Crippen LogP contribution < -0.4 is 5.32 Å². The molecule has 0 amide bonds. The second kappa shape index (κ2) is 5.70. The minimum absolute atomic E-state index is 0.523. The average molecular weight is 178 g/mol. The zero-order chi connectivity index (χ0) is 9.52. The summed E-state index contributed by atoms with van der Waals surface area (Å²) in [6.07, 6.45) is 4.05. The highest BCUT2D eigenvalue weighted by Crippen LogP contribution is 1.98. The number of pyridine rings is 1. The largest absolute Gasteiger partial charge is 0.314 e. The molecule has 2 nitrogen and oxygen atoms in total. The minimum atomic E-state index is 0.523. The lowest BCUT2D eigenvalue weighted by Gasteiger charge is -2.11. The van der Waals surface area contributed by atoms with Crippen molar-refractivity contribution in [1.82, 2.24) is 10.3 Å². The second-order valence-electron chi connectivity index (χ2n) is 3.38. The van der Waals surface area contributed by atoms with Gasteiger partial charge in [-0.25, -0.2) is 0 Å². The summed E-state index contributed by atoms with van der Waals surface area (Å²) in [4.78, 5) is 4.29. The number of hydrogen-bond donors (Lipinski definition) is 1. The van der Waals surface area contributed by atoms with Crippen LogP contribution in [0.2, 0.25) is 0 Å². The monoisotopic (exact) mass is 178 g/mol. The van der Waals surface area contributed by atoms with Crippen LogP contribution in [0.5, 0.6) is 0 Å². The van der Waals surface area contributed by atoms with Crippen LogP contribution in [-0.4, -0.2) is 17.6 Å². The van der Waals surface area contributed by atoms with Gasteiger partial charge in [-0.3, -0.25) is 4.98 Å². The molecule has 1 N–H and O–H groups in total. The molecule has 1 unspecified atom stereocenters. The van der Waals surface area contributed by atoms with Crippen molar-refractivity contribution in [3.8, 4) is 0 Å². The van der Waals surface area contributed by atoms with Crippen LogP contribution in [0.3, 0.4) is 0 Å². The van der Waals surface area contributed by atoms with E-state index in [1.807, 2.05) is 18.3 Å². The van der Waals surface area contributed by atoms with Crippen molar-refractivity contribution >= 4 is 0 Å². The summed E-state index contributed by atoms with van der Waals surface area (Å²) < 4.78 is 0. The summed E-state index contributed by atoms with van der Waals surface area (Å²) >= 11 is 0.